The summed E-state index contributed by atoms with van der Waals surface area (Å²) in [7, 11) is 1.22. The Morgan fingerprint density at radius 1 is 2.00 bits per heavy atom. The van der Waals surface area contributed by atoms with E-state index in [0.717, 1.165) is 6.34 Å². The lowest BCUT2D eigenvalue weighted by molar-refractivity contribution is -0.0159. The van der Waals surface area contributed by atoms with Gasteiger partial charge in [-0.1, -0.05) is 0 Å². The number of hydrazone groups is 1. The summed E-state index contributed by atoms with van der Waals surface area (Å²) in [5.74, 6) is 4.55. The van der Waals surface area contributed by atoms with Crippen LogP contribution in [-0.4, -0.2) is 18.7 Å². The molecule has 2 N–H and O–H groups in total. The summed E-state index contributed by atoms with van der Waals surface area (Å²) in [4.78, 5) is 4.04. The summed E-state index contributed by atoms with van der Waals surface area (Å²) < 4.78 is 0. The first-order chi connectivity index (χ1) is 3.31. The quantitative estimate of drug-likeness (QED) is 0.216. The summed E-state index contributed by atoms with van der Waals surface area (Å²) >= 11 is 0. The minimum atomic E-state index is 0.139. The number of rotatable bonds is 2. The molecule has 5 heteroatoms. The molecule has 0 heterocycles. The molecule has 0 aromatic rings. The van der Waals surface area contributed by atoms with Crippen molar-refractivity contribution in [1.29, 1.82) is 0 Å². The average Bonchev–Trinajstić information content (AvgIpc) is 1.68. The van der Waals surface area contributed by atoms with Gasteiger partial charge >= 0.3 is 0 Å². The first-order valence-electron chi connectivity index (χ1n) is 1.55. The maximum atomic E-state index is 9.88. The second-order valence-corrected chi connectivity index (χ2v) is 0.732. The van der Waals surface area contributed by atoms with E-state index in [1.807, 2.05) is 0 Å². The number of hydrogen-bond acceptors (Lipinski definition) is 4. The second-order valence-electron chi connectivity index (χ2n) is 0.732. The molecule has 0 aliphatic carbocycles. The van der Waals surface area contributed by atoms with Crippen LogP contribution in [-0.2, 0) is 4.84 Å². The van der Waals surface area contributed by atoms with Gasteiger partial charge in [-0.15, -0.1) is 0 Å². The van der Waals surface area contributed by atoms with Gasteiger partial charge in [0.15, 0.2) is 0 Å². The molecule has 0 saturated heterocycles. The van der Waals surface area contributed by atoms with Crippen LogP contribution in [0.1, 0.15) is 0 Å². The van der Waals surface area contributed by atoms with E-state index in [-0.39, 0.29) is 5.23 Å². The lowest BCUT2D eigenvalue weighted by Gasteiger charge is -2.19. The molecule has 0 fully saturated rings. The summed E-state index contributed by atoms with van der Waals surface area (Å²) in [6.07, 6.45) is 0.806. The smallest absolute Gasteiger partial charge is 0.124 e. The van der Waals surface area contributed by atoms with Gasteiger partial charge in [-0.3, -0.25) is 4.84 Å². The zero-order valence-corrected chi connectivity index (χ0v) is 3.87. The van der Waals surface area contributed by atoms with E-state index in [1.165, 1.54) is 7.11 Å². The van der Waals surface area contributed by atoms with Crippen molar-refractivity contribution >= 4 is 6.34 Å². The maximum Gasteiger partial charge on any atom is 0.124 e. The normalized spacial score (nSPS) is 10.0. The standard InChI is InChI=1S/C2H6N3O2/c1-7-5(6)2-4-3/h2H,3H2,1H3/q-1/b4-2+. The zero-order valence-electron chi connectivity index (χ0n) is 3.87. The molecule has 0 unspecified atom stereocenters. The Morgan fingerprint density at radius 3 is 2.71 bits per heavy atom. The predicted octanol–water partition coefficient (Wildman–Crippen LogP) is -0.750. The summed E-state index contributed by atoms with van der Waals surface area (Å²) in [6, 6.07) is 0. The van der Waals surface area contributed by atoms with Crippen molar-refractivity contribution in [2.24, 2.45) is 10.9 Å². The van der Waals surface area contributed by atoms with Crippen LogP contribution in [0, 0.1) is 5.21 Å². The van der Waals surface area contributed by atoms with Gasteiger partial charge in [0.1, 0.15) is 6.34 Å². The van der Waals surface area contributed by atoms with Crippen LogP contribution in [0.3, 0.4) is 0 Å². The predicted molar refractivity (Wildman–Crippen MR) is 24.9 cm³/mol. The summed E-state index contributed by atoms with van der Waals surface area (Å²) in [6.45, 7) is 0. The Labute approximate surface area is 40.9 Å². The molecule has 42 valence electrons. The fourth-order valence-corrected chi connectivity index (χ4v) is 0.102. The number of nitrogens with zero attached hydrogens (tertiary/aromatic N) is 2. The van der Waals surface area contributed by atoms with Gasteiger partial charge in [0, 0.05) is 0 Å². The minimum absolute atomic E-state index is 0.139. The molecule has 7 heavy (non-hydrogen) atoms. The minimum Gasteiger partial charge on any atom is -0.733 e. The highest BCUT2D eigenvalue weighted by atomic mass is 16.9. The highest BCUT2D eigenvalue weighted by Crippen LogP contribution is 1.72. The van der Waals surface area contributed by atoms with Gasteiger partial charge in [0.05, 0.1) is 7.11 Å². The van der Waals surface area contributed by atoms with E-state index in [0.29, 0.717) is 0 Å². The lowest BCUT2D eigenvalue weighted by Crippen LogP contribution is -2.12. The van der Waals surface area contributed by atoms with Crippen molar-refractivity contribution in [2.75, 3.05) is 7.11 Å². The average molecular weight is 104 g/mol. The summed E-state index contributed by atoms with van der Waals surface area (Å²) in [5, 5.41) is 12.9. The second kappa shape index (κ2) is 3.38. The largest absolute Gasteiger partial charge is 0.733 e. The van der Waals surface area contributed by atoms with Crippen molar-refractivity contribution in [2.45, 2.75) is 0 Å². The highest BCUT2D eigenvalue weighted by molar-refractivity contribution is 5.52. The van der Waals surface area contributed by atoms with Crippen molar-refractivity contribution in [1.82, 2.24) is 5.23 Å². The van der Waals surface area contributed by atoms with Crippen LogP contribution in [0.15, 0.2) is 5.10 Å². The molecule has 0 bridgehead atoms. The fourth-order valence-electron chi connectivity index (χ4n) is 0.102. The lowest BCUT2D eigenvalue weighted by atomic mass is 11.3. The van der Waals surface area contributed by atoms with Gasteiger partial charge in [0.25, 0.3) is 0 Å². The number of nitrogens with two attached hydrogens (primary N) is 1. The van der Waals surface area contributed by atoms with E-state index in [2.05, 4.69) is 15.8 Å². The van der Waals surface area contributed by atoms with Gasteiger partial charge in [-0.05, 0) is 0 Å². The molecular formula is C2H6N3O2-. The third kappa shape index (κ3) is 3.01. The van der Waals surface area contributed by atoms with Crippen molar-refractivity contribution in [3.63, 3.8) is 0 Å². The molecule has 5 nitrogen and oxygen atoms in total. The molecular weight excluding hydrogens is 98.0 g/mol. The SMILES string of the molecule is CON([O-])/C=N/N. The van der Waals surface area contributed by atoms with E-state index in [4.69, 9.17) is 0 Å². The van der Waals surface area contributed by atoms with Crippen molar-refractivity contribution in [3.05, 3.63) is 5.21 Å². The first-order valence-corrected chi connectivity index (χ1v) is 1.55. The monoisotopic (exact) mass is 104 g/mol. The van der Waals surface area contributed by atoms with E-state index in [1.54, 1.807) is 0 Å². The van der Waals surface area contributed by atoms with Gasteiger partial charge in [-0.2, -0.15) is 5.10 Å². The topological polar surface area (TPSA) is 73.9 Å². The molecule has 0 aromatic heterocycles. The molecule has 0 rings (SSSR count). The van der Waals surface area contributed by atoms with Crippen LogP contribution >= 0.6 is 0 Å². The Bertz CT molecular complexity index is 64.0. The number of hydrogen-bond donors (Lipinski definition) is 1. The maximum absolute atomic E-state index is 9.88. The van der Waals surface area contributed by atoms with Crippen LogP contribution in [0.2, 0.25) is 0 Å². The Morgan fingerprint density at radius 2 is 2.57 bits per heavy atom. The van der Waals surface area contributed by atoms with E-state index in [9.17, 15) is 5.21 Å². The van der Waals surface area contributed by atoms with Crippen LogP contribution < -0.4 is 5.84 Å². The Kier molecular flexibility index (Phi) is 2.99. The molecule has 0 aliphatic heterocycles. The van der Waals surface area contributed by atoms with Gasteiger partial charge in [-0.25, -0.2) is 0 Å². The third-order valence-electron chi connectivity index (χ3n) is 0.341. The van der Waals surface area contributed by atoms with Crippen LogP contribution in [0.4, 0.5) is 0 Å². The zero-order chi connectivity index (χ0) is 5.70. The molecule has 0 radical (unpaired) electrons. The highest BCUT2D eigenvalue weighted by Gasteiger charge is 1.69. The Balaban J connectivity index is 3.16. The van der Waals surface area contributed by atoms with Crippen molar-refractivity contribution in [3.8, 4) is 0 Å². The van der Waals surface area contributed by atoms with Crippen LogP contribution in [0.25, 0.3) is 0 Å². The first kappa shape index (κ1) is 6.19. The molecule has 0 atom stereocenters. The molecule has 0 amide bonds. The third-order valence-corrected chi connectivity index (χ3v) is 0.341. The van der Waals surface area contributed by atoms with Crippen molar-refractivity contribution < 1.29 is 4.84 Å². The Hall–Kier alpha value is -0.810. The van der Waals surface area contributed by atoms with Crippen LogP contribution in [0.5, 0.6) is 0 Å². The summed E-state index contributed by atoms with van der Waals surface area (Å²) in [5.41, 5.74) is 0. The molecule has 0 spiro atoms. The van der Waals surface area contributed by atoms with Gasteiger partial charge in [0.2, 0.25) is 0 Å². The molecule has 0 aliphatic rings. The van der Waals surface area contributed by atoms with E-state index >= 15 is 0 Å². The van der Waals surface area contributed by atoms with E-state index < -0.39 is 0 Å². The molecule has 0 saturated carbocycles. The molecule has 0 aromatic carbocycles. The number of hydroxylamine groups is 2. The fraction of sp³-hybridized carbons (Fsp3) is 0.500. The van der Waals surface area contributed by atoms with Gasteiger partial charge < -0.3 is 16.3 Å².